The predicted octanol–water partition coefficient (Wildman–Crippen LogP) is -1.83. The molecule has 0 saturated heterocycles. The van der Waals surface area contributed by atoms with Crippen LogP contribution in [0.25, 0.3) is 0 Å². The molecule has 0 radical (unpaired) electrons. The van der Waals surface area contributed by atoms with Crippen LogP contribution in [0, 0.1) is 5.92 Å². The van der Waals surface area contributed by atoms with Gasteiger partial charge in [0.05, 0.1) is 6.04 Å². The first kappa shape index (κ1) is 34.6. The van der Waals surface area contributed by atoms with E-state index >= 15 is 0 Å². The number of carboxylic acids is 1. The third-order valence-electron chi connectivity index (χ3n) is 6.44. The standard InChI is InChI=1S/C26H42N8O7/c1-3-14(2)21(28)24(39)33-18(10-11-20(27)36)23(38)32-17(5-4-12-31-26(29)30)22(37)34-19(25(40)41)13-15-6-8-16(35)9-7-15/h6-9,14,17-19,21,35H,3-5,10-13,28H2,1-2H3,(H2,27,36)(H,32,38)(H,33,39)(H,34,37)(H,40,41)(H4,29,30,31). The number of amides is 4. The number of phenols is 1. The Morgan fingerprint density at radius 1 is 0.878 bits per heavy atom. The molecule has 5 atom stereocenters. The van der Waals surface area contributed by atoms with Crippen molar-refractivity contribution < 1.29 is 34.2 Å². The van der Waals surface area contributed by atoms with Crippen LogP contribution in [0.15, 0.2) is 29.3 Å². The fourth-order valence-electron chi connectivity index (χ4n) is 3.72. The molecule has 4 amide bonds. The molecule has 15 nitrogen and oxygen atoms in total. The van der Waals surface area contributed by atoms with Crippen molar-refractivity contribution in [3.05, 3.63) is 29.8 Å². The number of hydrogen-bond acceptors (Lipinski definition) is 8. The average molecular weight is 579 g/mol. The van der Waals surface area contributed by atoms with Crippen molar-refractivity contribution in [2.75, 3.05) is 6.54 Å². The number of phenolic OH excluding ortho intramolecular Hbond substituents is 1. The summed E-state index contributed by atoms with van der Waals surface area (Å²) in [5.74, 6) is -4.58. The Morgan fingerprint density at radius 2 is 1.41 bits per heavy atom. The van der Waals surface area contributed by atoms with E-state index in [0.29, 0.717) is 12.0 Å². The van der Waals surface area contributed by atoms with Gasteiger partial charge in [-0.1, -0.05) is 32.4 Å². The van der Waals surface area contributed by atoms with Crippen molar-refractivity contribution in [3.63, 3.8) is 0 Å². The van der Waals surface area contributed by atoms with Crippen LogP contribution in [-0.4, -0.2) is 76.5 Å². The molecule has 0 heterocycles. The second-order valence-electron chi connectivity index (χ2n) is 9.76. The Bertz CT molecular complexity index is 1080. The third-order valence-corrected chi connectivity index (χ3v) is 6.44. The molecule has 13 N–H and O–H groups in total. The Hall–Kier alpha value is -4.40. The summed E-state index contributed by atoms with van der Waals surface area (Å²) in [4.78, 5) is 66.3. The molecule has 1 aromatic carbocycles. The highest BCUT2D eigenvalue weighted by Crippen LogP contribution is 2.12. The predicted molar refractivity (Wildman–Crippen MR) is 151 cm³/mol. The normalized spacial score (nSPS) is 14.4. The quantitative estimate of drug-likeness (QED) is 0.0533. The van der Waals surface area contributed by atoms with Crippen molar-refractivity contribution in [2.45, 2.75) is 76.5 Å². The lowest BCUT2D eigenvalue weighted by atomic mass is 9.98. The monoisotopic (exact) mass is 578 g/mol. The molecule has 1 aromatic rings. The maximum Gasteiger partial charge on any atom is 0.326 e. The van der Waals surface area contributed by atoms with Gasteiger partial charge in [0.2, 0.25) is 23.6 Å². The fraction of sp³-hybridized carbons (Fsp3) is 0.538. The molecular weight excluding hydrogens is 536 g/mol. The van der Waals surface area contributed by atoms with Crippen LogP contribution < -0.4 is 38.9 Å². The van der Waals surface area contributed by atoms with E-state index < -0.39 is 53.8 Å². The number of nitrogens with zero attached hydrogens (tertiary/aromatic N) is 1. The maximum absolute atomic E-state index is 13.2. The number of carbonyl (C=O) groups is 5. The summed E-state index contributed by atoms with van der Waals surface area (Å²) in [6, 6.07) is 1.04. The number of nitrogens with one attached hydrogen (secondary N) is 3. The van der Waals surface area contributed by atoms with Gasteiger partial charge in [-0.25, -0.2) is 4.79 Å². The number of aromatic hydroxyl groups is 1. The van der Waals surface area contributed by atoms with E-state index in [1.165, 1.54) is 24.3 Å². The summed E-state index contributed by atoms with van der Waals surface area (Å²) in [5, 5.41) is 26.7. The summed E-state index contributed by atoms with van der Waals surface area (Å²) in [5.41, 5.74) is 22.4. The first-order valence-electron chi connectivity index (χ1n) is 13.3. The highest BCUT2D eigenvalue weighted by Gasteiger charge is 2.31. The van der Waals surface area contributed by atoms with Crippen LogP contribution in [0.5, 0.6) is 5.75 Å². The molecule has 0 aliphatic rings. The molecule has 0 aliphatic heterocycles. The van der Waals surface area contributed by atoms with Crippen LogP contribution in [0.4, 0.5) is 0 Å². The highest BCUT2D eigenvalue weighted by atomic mass is 16.4. The molecular formula is C26H42N8O7. The molecule has 1 rings (SSSR count). The molecule has 0 spiro atoms. The Labute approximate surface area is 238 Å². The lowest BCUT2D eigenvalue weighted by Crippen LogP contribution is -2.57. The van der Waals surface area contributed by atoms with E-state index in [1.54, 1.807) is 6.92 Å². The van der Waals surface area contributed by atoms with Crippen LogP contribution in [-0.2, 0) is 30.4 Å². The number of hydrogen-bond donors (Lipinski definition) is 9. The van der Waals surface area contributed by atoms with Gasteiger partial charge in [0.1, 0.15) is 23.9 Å². The molecule has 5 unspecified atom stereocenters. The molecule has 228 valence electrons. The van der Waals surface area contributed by atoms with Gasteiger partial charge in [0, 0.05) is 19.4 Å². The number of rotatable bonds is 18. The molecule has 0 aromatic heterocycles. The zero-order chi connectivity index (χ0) is 31.1. The van der Waals surface area contributed by atoms with Gasteiger partial charge in [-0.15, -0.1) is 0 Å². The van der Waals surface area contributed by atoms with Gasteiger partial charge in [-0.05, 0) is 42.9 Å². The number of carboxylic acid groups (broad SMARTS) is 1. The zero-order valence-electron chi connectivity index (χ0n) is 23.3. The molecule has 15 heteroatoms. The minimum Gasteiger partial charge on any atom is -0.508 e. The van der Waals surface area contributed by atoms with Gasteiger partial charge in [0.15, 0.2) is 5.96 Å². The number of guanidine groups is 1. The number of aliphatic carboxylic acids is 1. The SMILES string of the molecule is CCC(C)C(N)C(=O)NC(CCC(N)=O)C(=O)NC(CCCN=C(N)N)C(=O)NC(Cc1ccc(O)cc1)C(=O)O. The summed E-state index contributed by atoms with van der Waals surface area (Å²) in [6.07, 6.45) is 0.388. The van der Waals surface area contributed by atoms with Crippen LogP contribution in [0.3, 0.4) is 0 Å². The fourth-order valence-corrected chi connectivity index (χ4v) is 3.72. The van der Waals surface area contributed by atoms with Crippen molar-refractivity contribution >= 4 is 35.6 Å². The Morgan fingerprint density at radius 3 is 1.93 bits per heavy atom. The maximum atomic E-state index is 13.2. The van der Waals surface area contributed by atoms with Gasteiger partial charge < -0.3 is 49.1 Å². The molecule has 41 heavy (non-hydrogen) atoms. The van der Waals surface area contributed by atoms with Crippen LogP contribution in [0.1, 0.15) is 51.5 Å². The third kappa shape index (κ3) is 13.0. The second kappa shape index (κ2) is 17.3. The van der Waals surface area contributed by atoms with Gasteiger partial charge >= 0.3 is 5.97 Å². The van der Waals surface area contributed by atoms with Gasteiger partial charge in [-0.2, -0.15) is 0 Å². The molecule has 0 bridgehead atoms. The minimum atomic E-state index is -1.36. The topological polar surface area (TPSA) is 278 Å². The summed E-state index contributed by atoms with van der Waals surface area (Å²) in [6.45, 7) is 3.76. The average Bonchev–Trinajstić information content (AvgIpc) is 2.91. The highest BCUT2D eigenvalue weighted by molar-refractivity contribution is 5.94. The second-order valence-corrected chi connectivity index (χ2v) is 9.76. The largest absolute Gasteiger partial charge is 0.508 e. The number of benzene rings is 1. The zero-order valence-corrected chi connectivity index (χ0v) is 23.3. The van der Waals surface area contributed by atoms with E-state index in [1.807, 2.05) is 6.92 Å². The number of aliphatic imine (C=N–C) groups is 1. The Balaban J connectivity index is 3.13. The minimum absolute atomic E-state index is 0.00343. The molecule has 0 aliphatic carbocycles. The number of carbonyl (C=O) groups excluding carboxylic acids is 4. The van der Waals surface area contributed by atoms with Crippen molar-refractivity contribution in [2.24, 2.45) is 33.8 Å². The number of nitrogens with two attached hydrogens (primary N) is 4. The summed E-state index contributed by atoms with van der Waals surface area (Å²) >= 11 is 0. The van der Waals surface area contributed by atoms with Crippen LogP contribution in [0.2, 0.25) is 0 Å². The number of primary amides is 1. The van der Waals surface area contributed by atoms with E-state index in [-0.39, 0.29) is 56.3 Å². The van der Waals surface area contributed by atoms with Crippen LogP contribution >= 0.6 is 0 Å². The van der Waals surface area contributed by atoms with E-state index in [4.69, 9.17) is 22.9 Å². The summed E-state index contributed by atoms with van der Waals surface area (Å²) in [7, 11) is 0. The summed E-state index contributed by atoms with van der Waals surface area (Å²) < 4.78 is 0. The van der Waals surface area contributed by atoms with Gasteiger partial charge in [-0.3, -0.25) is 24.2 Å². The Kier molecular flexibility index (Phi) is 14.6. The van der Waals surface area contributed by atoms with E-state index in [9.17, 15) is 34.2 Å². The smallest absolute Gasteiger partial charge is 0.326 e. The first-order chi connectivity index (χ1) is 19.2. The van der Waals surface area contributed by atoms with E-state index in [0.717, 1.165) is 0 Å². The first-order valence-corrected chi connectivity index (χ1v) is 13.3. The van der Waals surface area contributed by atoms with Crippen molar-refractivity contribution in [1.29, 1.82) is 0 Å². The van der Waals surface area contributed by atoms with Crippen molar-refractivity contribution in [1.82, 2.24) is 16.0 Å². The van der Waals surface area contributed by atoms with Crippen molar-refractivity contribution in [3.8, 4) is 5.75 Å². The van der Waals surface area contributed by atoms with E-state index in [2.05, 4.69) is 20.9 Å². The molecule has 0 saturated carbocycles. The lowest BCUT2D eigenvalue weighted by Gasteiger charge is -2.26. The lowest BCUT2D eigenvalue weighted by molar-refractivity contribution is -0.142. The van der Waals surface area contributed by atoms with Gasteiger partial charge in [0.25, 0.3) is 0 Å². The molecule has 0 fully saturated rings.